The second-order valence-electron chi connectivity index (χ2n) is 9.26. The number of benzene rings is 1. The van der Waals surface area contributed by atoms with Crippen molar-refractivity contribution < 1.29 is 4.39 Å². The van der Waals surface area contributed by atoms with E-state index >= 15 is 0 Å². The van der Waals surface area contributed by atoms with E-state index in [0.29, 0.717) is 12.2 Å². The molecule has 0 saturated carbocycles. The van der Waals surface area contributed by atoms with E-state index in [1.54, 1.807) is 24.8 Å². The van der Waals surface area contributed by atoms with Crippen molar-refractivity contribution in [2.45, 2.75) is 6.04 Å². The highest BCUT2D eigenvalue weighted by atomic mass is 19.1. The van der Waals surface area contributed by atoms with E-state index in [0.717, 1.165) is 55.6 Å². The minimum Gasteiger partial charge on any atom is -0.338 e. The third kappa shape index (κ3) is 4.32. The molecule has 0 aliphatic rings. The summed E-state index contributed by atoms with van der Waals surface area (Å²) < 4.78 is 14.7. The number of hydrogen-bond donors (Lipinski definition) is 3. The van der Waals surface area contributed by atoms with Crippen LogP contribution in [-0.2, 0) is 0 Å². The van der Waals surface area contributed by atoms with E-state index in [-0.39, 0.29) is 11.9 Å². The van der Waals surface area contributed by atoms with E-state index in [4.69, 9.17) is 5.73 Å². The zero-order chi connectivity index (χ0) is 25.5. The predicted octanol–water partition coefficient (Wildman–Crippen LogP) is 4.33. The van der Waals surface area contributed by atoms with E-state index < -0.39 is 0 Å². The lowest BCUT2D eigenvalue weighted by molar-refractivity contribution is 0.376. The summed E-state index contributed by atoms with van der Waals surface area (Å²) in [5.41, 5.74) is 13.2. The largest absolute Gasteiger partial charge is 0.338 e. The zero-order valence-electron chi connectivity index (χ0n) is 20.3. The predicted molar refractivity (Wildman–Crippen MR) is 141 cm³/mol. The lowest BCUT2D eigenvalue weighted by Gasteiger charge is -2.18. The maximum absolute atomic E-state index is 14.7. The maximum Gasteiger partial charge on any atom is 0.138 e. The van der Waals surface area contributed by atoms with Crippen LogP contribution >= 0.6 is 0 Å². The quantitative estimate of drug-likeness (QED) is 0.315. The Morgan fingerprint density at radius 1 is 0.973 bits per heavy atom. The van der Waals surface area contributed by atoms with Crippen molar-refractivity contribution in [1.82, 2.24) is 40.0 Å². The van der Waals surface area contributed by atoms with Crippen LogP contribution in [0.2, 0.25) is 0 Å². The number of nitrogens with two attached hydrogens (primary N) is 1. The van der Waals surface area contributed by atoms with E-state index in [1.807, 2.05) is 43.3 Å². The Balaban J connectivity index is 1.45. The van der Waals surface area contributed by atoms with Crippen molar-refractivity contribution >= 4 is 21.9 Å². The number of nitrogens with one attached hydrogen (secondary N) is 2. The average Bonchev–Trinajstić information content (AvgIpc) is 3.52. The second-order valence-corrected chi connectivity index (χ2v) is 9.26. The van der Waals surface area contributed by atoms with Gasteiger partial charge in [-0.1, -0.05) is 0 Å². The fourth-order valence-electron chi connectivity index (χ4n) is 4.60. The molecule has 0 aliphatic heterocycles. The van der Waals surface area contributed by atoms with Crippen molar-refractivity contribution in [3.05, 3.63) is 78.9 Å². The Labute approximate surface area is 211 Å². The minimum atomic E-state index is -0.328. The molecule has 0 aliphatic carbocycles. The van der Waals surface area contributed by atoms with Crippen molar-refractivity contribution in [2.24, 2.45) is 5.73 Å². The van der Waals surface area contributed by atoms with Crippen LogP contribution in [0.5, 0.6) is 0 Å². The molecule has 4 N–H and O–H groups in total. The molecule has 9 nitrogen and oxygen atoms in total. The van der Waals surface area contributed by atoms with Gasteiger partial charge in [0.15, 0.2) is 0 Å². The Kier molecular flexibility index (Phi) is 5.67. The molecule has 0 amide bonds. The molecular formula is C27H24FN9. The highest BCUT2D eigenvalue weighted by molar-refractivity contribution is 6.00. The first-order valence-corrected chi connectivity index (χ1v) is 11.7. The van der Waals surface area contributed by atoms with Gasteiger partial charge in [-0.05, 0) is 67.2 Å². The van der Waals surface area contributed by atoms with Gasteiger partial charge in [0.05, 0.1) is 23.1 Å². The summed E-state index contributed by atoms with van der Waals surface area (Å²) in [5, 5.41) is 9.34. The van der Waals surface area contributed by atoms with Crippen LogP contribution in [0.4, 0.5) is 4.39 Å². The number of likely N-dealkylation sites (N-methyl/N-ethyl adjacent to an activating group) is 1. The first-order valence-electron chi connectivity index (χ1n) is 11.7. The molecule has 1 atom stereocenters. The SMILES string of the molecule is CN(C)CC(N)c1cc(F)cc(-c2ccnc3[nH]c(-c4n[nH]c5cnc(-c6cncnc6)cc45)cc23)c1. The summed E-state index contributed by atoms with van der Waals surface area (Å²) in [6.07, 6.45) is 8.38. The standard InChI is InChI=1S/C27H24FN9/c1-37(2)13-22(29)16-5-15(6-18(28)7-16)19-3-4-32-27-20(19)8-24(34-27)26-21-9-23(17-10-30-14-31-11-17)33-12-25(21)35-36-26/h3-12,14,22H,13,29H2,1-2H3,(H,32,34)(H,35,36). The summed E-state index contributed by atoms with van der Waals surface area (Å²) >= 11 is 0. The number of halogens is 1. The summed E-state index contributed by atoms with van der Waals surface area (Å²) in [6, 6.07) is 10.5. The van der Waals surface area contributed by atoms with Crippen LogP contribution in [0.1, 0.15) is 11.6 Å². The maximum atomic E-state index is 14.7. The molecule has 5 aromatic heterocycles. The van der Waals surface area contributed by atoms with Gasteiger partial charge in [-0.3, -0.25) is 10.1 Å². The van der Waals surface area contributed by atoms with Crippen molar-refractivity contribution in [2.75, 3.05) is 20.6 Å². The Bertz CT molecular complexity index is 1720. The fourth-order valence-corrected chi connectivity index (χ4v) is 4.60. The number of H-pyrrole nitrogens is 2. The Morgan fingerprint density at radius 3 is 2.62 bits per heavy atom. The molecule has 1 aromatic carbocycles. The molecule has 5 heterocycles. The van der Waals surface area contributed by atoms with Crippen molar-refractivity contribution in [3.8, 4) is 33.8 Å². The van der Waals surface area contributed by atoms with Crippen molar-refractivity contribution in [3.63, 3.8) is 0 Å². The molecule has 6 aromatic rings. The minimum absolute atomic E-state index is 0.309. The van der Waals surface area contributed by atoms with Gasteiger partial charge in [0.1, 0.15) is 23.5 Å². The van der Waals surface area contributed by atoms with Crippen LogP contribution in [0.15, 0.2) is 67.5 Å². The number of aromatic nitrogens is 7. The monoisotopic (exact) mass is 493 g/mol. The molecular weight excluding hydrogens is 469 g/mol. The topological polar surface area (TPSA) is 125 Å². The summed E-state index contributed by atoms with van der Waals surface area (Å²) in [6.45, 7) is 0.612. The van der Waals surface area contributed by atoms with Crippen molar-refractivity contribution in [1.29, 1.82) is 0 Å². The summed E-state index contributed by atoms with van der Waals surface area (Å²) in [7, 11) is 3.89. The van der Waals surface area contributed by atoms with E-state index in [9.17, 15) is 4.39 Å². The third-order valence-corrected chi connectivity index (χ3v) is 6.31. The highest BCUT2D eigenvalue weighted by Gasteiger charge is 2.17. The molecule has 184 valence electrons. The number of nitrogens with zero attached hydrogens (tertiary/aromatic N) is 6. The van der Waals surface area contributed by atoms with Crippen LogP contribution < -0.4 is 5.73 Å². The van der Waals surface area contributed by atoms with Crippen LogP contribution in [0, 0.1) is 5.82 Å². The van der Waals surface area contributed by atoms with Gasteiger partial charge in [-0.15, -0.1) is 0 Å². The Morgan fingerprint density at radius 2 is 1.81 bits per heavy atom. The second kappa shape index (κ2) is 9.16. The fraction of sp³-hybridized carbons (Fsp3) is 0.148. The molecule has 0 fully saturated rings. The number of pyridine rings is 2. The third-order valence-electron chi connectivity index (χ3n) is 6.31. The van der Waals surface area contributed by atoms with Gasteiger partial charge >= 0.3 is 0 Å². The molecule has 0 spiro atoms. The smallest absolute Gasteiger partial charge is 0.138 e. The molecule has 37 heavy (non-hydrogen) atoms. The van der Waals surface area contributed by atoms with Crippen LogP contribution in [0.3, 0.4) is 0 Å². The van der Waals surface area contributed by atoms with Gasteiger partial charge < -0.3 is 15.6 Å². The molecule has 10 heteroatoms. The summed E-state index contributed by atoms with van der Waals surface area (Å²) in [4.78, 5) is 22.6. The number of hydrogen-bond acceptors (Lipinski definition) is 7. The van der Waals surface area contributed by atoms with Gasteiger partial charge in [-0.2, -0.15) is 5.10 Å². The number of fused-ring (bicyclic) bond motifs is 2. The molecule has 6 rings (SSSR count). The average molecular weight is 494 g/mol. The first-order chi connectivity index (χ1) is 18.0. The van der Waals surface area contributed by atoms with Gasteiger partial charge in [0, 0.05) is 47.5 Å². The molecule has 0 bridgehead atoms. The highest BCUT2D eigenvalue weighted by Crippen LogP contribution is 2.35. The Hall–Kier alpha value is -4.54. The number of rotatable bonds is 6. The zero-order valence-corrected chi connectivity index (χ0v) is 20.3. The normalized spacial score (nSPS) is 12.6. The lowest BCUT2D eigenvalue weighted by Crippen LogP contribution is -2.26. The lowest BCUT2D eigenvalue weighted by atomic mass is 9.98. The summed E-state index contributed by atoms with van der Waals surface area (Å²) in [5.74, 6) is -0.328. The van der Waals surface area contributed by atoms with Gasteiger partial charge in [0.25, 0.3) is 0 Å². The molecule has 0 radical (unpaired) electrons. The molecule has 0 saturated heterocycles. The van der Waals surface area contributed by atoms with Crippen LogP contribution in [0.25, 0.3) is 55.7 Å². The molecule has 1 unspecified atom stereocenters. The first kappa shape index (κ1) is 22.9. The number of aromatic amines is 2. The van der Waals surface area contributed by atoms with Crippen LogP contribution in [-0.4, -0.2) is 60.7 Å². The van der Waals surface area contributed by atoms with Gasteiger partial charge in [0.2, 0.25) is 0 Å². The van der Waals surface area contributed by atoms with Gasteiger partial charge in [-0.25, -0.2) is 19.3 Å². The van der Waals surface area contributed by atoms with E-state index in [2.05, 4.69) is 35.1 Å². The van der Waals surface area contributed by atoms with E-state index in [1.165, 1.54) is 18.5 Å².